The van der Waals surface area contributed by atoms with E-state index in [2.05, 4.69) is 5.32 Å². The average Bonchev–Trinajstić information content (AvgIpc) is 3.05. The van der Waals surface area contributed by atoms with Crippen molar-refractivity contribution in [1.29, 1.82) is 0 Å². The Morgan fingerprint density at radius 2 is 1.82 bits per heavy atom. The fourth-order valence-corrected chi connectivity index (χ4v) is 2.50. The lowest BCUT2D eigenvalue weighted by Gasteiger charge is -2.14. The zero-order valence-corrected chi connectivity index (χ0v) is 13.4. The Bertz CT molecular complexity index is 640. The number of anilines is 1. The molecule has 5 nitrogen and oxygen atoms in total. The standard InChI is InChI=1S/C16H17NO4S/c1-19-13-9-11(10-14(20-2)16(13)21-3)17-15(18)7-6-12-5-4-8-22-12/h4-10H,1-3H3,(H,17,18)/b7-6+. The largest absolute Gasteiger partial charge is 0.493 e. The van der Waals surface area contributed by atoms with E-state index >= 15 is 0 Å². The van der Waals surface area contributed by atoms with Gasteiger partial charge in [0.25, 0.3) is 0 Å². The van der Waals surface area contributed by atoms with Gasteiger partial charge in [-0.1, -0.05) is 6.07 Å². The molecule has 1 aromatic heterocycles. The first-order chi connectivity index (χ1) is 10.7. The van der Waals surface area contributed by atoms with Crippen LogP contribution in [0.15, 0.2) is 35.7 Å². The normalized spacial score (nSPS) is 10.5. The van der Waals surface area contributed by atoms with E-state index in [1.165, 1.54) is 27.4 Å². The summed E-state index contributed by atoms with van der Waals surface area (Å²) >= 11 is 1.56. The molecular weight excluding hydrogens is 302 g/mol. The van der Waals surface area contributed by atoms with Crippen LogP contribution in [-0.2, 0) is 4.79 Å². The third-order valence-electron chi connectivity index (χ3n) is 2.87. The highest BCUT2D eigenvalue weighted by atomic mass is 32.1. The monoisotopic (exact) mass is 319 g/mol. The van der Waals surface area contributed by atoms with Gasteiger partial charge >= 0.3 is 0 Å². The van der Waals surface area contributed by atoms with Crippen LogP contribution in [-0.4, -0.2) is 27.2 Å². The molecule has 2 aromatic rings. The lowest BCUT2D eigenvalue weighted by atomic mass is 10.2. The minimum Gasteiger partial charge on any atom is -0.493 e. The van der Waals surface area contributed by atoms with Gasteiger partial charge in [0, 0.05) is 28.8 Å². The van der Waals surface area contributed by atoms with E-state index in [0.29, 0.717) is 22.9 Å². The second-order valence-electron chi connectivity index (χ2n) is 4.25. The second-order valence-corrected chi connectivity index (χ2v) is 5.23. The van der Waals surface area contributed by atoms with Crippen molar-refractivity contribution in [2.75, 3.05) is 26.6 Å². The number of rotatable bonds is 6. The van der Waals surface area contributed by atoms with Gasteiger partial charge in [-0.15, -0.1) is 11.3 Å². The van der Waals surface area contributed by atoms with Crippen molar-refractivity contribution in [3.63, 3.8) is 0 Å². The Labute approximate surface area is 133 Å². The lowest BCUT2D eigenvalue weighted by Crippen LogP contribution is -2.08. The molecule has 22 heavy (non-hydrogen) atoms. The van der Waals surface area contributed by atoms with Gasteiger partial charge in [-0.05, 0) is 17.5 Å². The van der Waals surface area contributed by atoms with Crippen LogP contribution in [0.5, 0.6) is 17.2 Å². The number of carbonyl (C=O) groups is 1. The Morgan fingerprint density at radius 3 is 2.32 bits per heavy atom. The van der Waals surface area contributed by atoms with Crippen molar-refractivity contribution in [2.24, 2.45) is 0 Å². The van der Waals surface area contributed by atoms with Gasteiger partial charge in [0.1, 0.15) is 0 Å². The molecule has 0 saturated carbocycles. The van der Waals surface area contributed by atoms with E-state index in [9.17, 15) is 4.79 Å². The minimum absolute atomic E-state index is 0.234. The van der Waals surface area contributed by atoms with Crippen LogP contribution < -0.4 is 19.5 Å². The van der Waals surface area contributed by atoms with Crippen molar-refractivity contribution in [1.82, 2.24) is 0 Å². The van der Waals surface area contributed by atoms with Crippen molar-refractivity contribution in [2.45, 2.75) is 0 Å². The summed E-state index contributed by atoms with van der Waals surface area (Å²) in [5, 5.41) is 4.72. The zero-order valence-electron chi connectivity index (χ0n) is 12.6. The number of hydrogen-bond acceptors (Lipinski definition) is 5. The number of ether oxygens (including phenoxy) is 3. The van der Waals surface area contributed by atoms with Crippen LogP contribution in [0, 0.1) is 0 Å². The molecule has 0 atom stereocenters. The zero-order chi connectivity index (χ0) is 15.9. The summed E-state index contributed by atoms with van der Waals surface area (Å²) in [6.45, 7) is 0. The van der Waals surface area contributed by atoms with E-state index in [4.69, 9.17) is 14.2 Å². The summed E-state index contributed by atoms with van der Waals surface area (Å²) < 4.78 is 15.7. The summed E-state index contributed by atoms with van der Waals surface area (Å²) in [5.41, 5.74) is 0.565. The lowest BCUT2D eigenvalue weighted by molar-refractivity contribution is -0.111. The summed E-state index contributed by atoms with van der Waals surface area (Å²) in [5.74, 6) is 1.22. The van der Waals surface area contributed by atoms with Crippen LogP contribution in [0.4, 0.5) is 5.69 Å². The number of nitrogens with one attached hydrogen (secondary N) is 1. The predicted molar refractivity (Wildman–Crippen MR) is 88.1 cm³/mol. The number of thiophene rings is 1. The maximum atomic E-state index is 12.0. The maximum Gasteiger partial charge on any atom is 0.248 e. The van der Waals surface area contributed by atoms with E-state index < -0.39 is 0 Å². The molecule has 0 bridgehead atoms. The fraction of sp³-hybridized carbons (Fsp3) is 0.188. The van der Waals surface area contributed by atoms with Crippen LogP contribution in [0.1, 0.15) is 4.88 Å². The highest BCUT2D eigenvalue weighted by Gasteiger charge is 2.13. The smallest absolute Gasteiger partial charge is 0.248 e. The Kier molecular flexibility index (Phi) is 5.43. The first-order valence-corrected chi connectivity index (χ1v) is 7.38. The molecule has 0 aliphatic carbocycles. The van der Waals surface area contributed by atoms with Gasteiger partial charge in [-0.25, -0.2) is 0 Å². The molecule has 0 unspecified atom stereocenters. The van der Waals surface area contributed by atoms with Gasteiger partial charge in [0.15, 0.2) is 11.5 Å². The van der Waals surface area contributed by atoms with Crippen LogP contribution >= 0.6 is 11.3 Å². The molecule has 0 spiro atoms. The predicted octanol–water partition coefficient (Wildman–Crippen LogP) is 3.43. The summed E-state index contributed by atoms with van der Waals surface area (Å²) in [6.07, 6.45) is 3.24. The second kappa shape index (κ2) is 7.51. The van der Waals surface area contributed by atoms with Crippen LogP contribution in [0.2, 0.25) is 0 Å². The molecule has 0 fully saturated rings. The average molecular weight is 319 g/mol. The maximum absolute atomic E-state index is 12.0. The quantitative estimate of drug-likeness (QED) is 0.829. The number of carbonyl (C=O) groups excluding carboxylic acids is 1. The molecule has 1 aromatic carbocycles. The van der Waals surface area contributed by atoms with Crippen molar-refractivity contribution in [3.05, 3.63) is 40.6 Å². The third kappa shape index (κ3) is 3.79. The summed E-state index contributed by atoms with van der Waals surface area (Å²) in [4.78, 5) is 13.0. The van der Waals surface area contributed by atoms with E-state index in [-0.39, 0.29) is 5.91 Å². The van der Waals surface area contributed by atoms with Crippen molar-refractivity contribution >= 4 is 29.0 Å². The third-order valence-corrected chi connectivity index (χ3v) is 3.71. The Balaban J connectivity index is 2.16. The molecule has 116 valence electrons. The van der Waals surface area contributed by atoms with Gasteiger partial charge in [-0.3, -0.25) is 4.79 Å². The number of amides is 1. The first-order valence-electron chi connectivity index (χ1n) is 6.50. The molecule has 6 heteroatoms. The van der Waals surface area contributed by atoms with Gasteiger partial charge in [0.2, 0.25) is 11.7 Å². The topological polar surface area (TPSA) is 56.8 Å². The minimum atomic E-state index is -0.234. The molecule has 1 heterocycles. The fourth-order valence-electron chi connectivity index (χ4n) is 1.88. The van der Waals surface area contributed by atoms with Gasteiger partial charge in [0.05, 0.1) is 21.3 Å². The molecule has 2 rings (SSSR count). The Hall–Kier alpha value is -2.47. The van der Waals surface area contributed by atoms with Gasteiger partial charge in [-0.2, -0.15) is 0 Å². The summed E-state index contributed by atoms with van der Waals surface area (Å²) in [6, 6.07) is 7.23. The molecule has 0 radical (unpaired) electrons. The van der Waals surface area contributed by atoms with E-state index in [1.54, 1.807) is 29.5 Å². The van der Waals surface area contributed by atoms with Crippen molar-refractivity contribution < 1.29 is 19.0 Å². The van der Waals surface area contributed by atoms with Crippen molar-refractivity contribution in [3.8, 4) is 17.2 Å². The molecule has 1 amide bonds. The van der Waals surface area contributed by atoms with E-state index in [1.807, 2.05) is 17.5 Å². The van der Waals surface area contributed by atoms with Crippen LogP contribution in [0.25, 0.3) is 6.08 Å². The SMILES string of the molecule is COc1cc(NC(=O)/C=C/c2cccs2)cc(OC)c1OC. The van der Waals surface area contributed by atoms with Gasteiger partial charge < -0.3 is 19.5 Å². The number of benzene rings is 1. The Morgan fingerprint density at radius 1 is 1.14 bits per heavy atom. The number of hydrogen-bond donors (Lipinski definition) is 1. The first kappa shape index (κ1) is 15.9. The molecule has 0 aliphatic rings. The molecule has 0 saturated heterocycles. The molecular formula is C16H17NO4S. The summed E-state index contributed by atoms with van der Waals surface area (Å²) in [7, 11) is 4.58. The molecule has 1 N–H and O–H groups in total. The highest BCUT2D eigenvalue weighted by Crippen LogP contribution is 2.39. The van der Waals surface area contributed by atoms with E-state index in [0.717, 1.165) is 4.88 Å². The molecule has 0 aliphatic heterocycles. The number of methoxy groups -OCH3 is 3. The highest BCUT2D eigenvalue weighted by molar-refractivity contribution is 7.10. The van der Waals surface area contributed by atoms with Crippen LogP contribution in [0.3, 0.4) is 0 Å².